The van der Waals surface area contributed by atoms with Crippen molar-refractivity contribution in [1.29, 1.82) is 0 Å². The predicted molar refractivity (Wildman–Crippen MR) is 60.0 cm³/mol. The van der Waals surface area contributed by atoms with Crippen LogP contribution in [0.4, 0.5) is 14.5 Å². The molecule has 8 heteroatoms. The summed E-state index contributed by atoms with van der Waals surface area (Å²) >= 11 is 0. The summed E-state index contributed by atoms with van der Waals surface area (Å²) in [6, 6.07) is 3.05. The number of halogens is 2. The van der Waals surface area contributed by atoms with Crippen molar-refractivity contribution in [3.63, 3.8) is 0 Å². The molecule has 0 unspecified atom stereocenters. The number of ether oxygens (including phenoxy) is 2. The summed E-state index contributed by atoms with van der Waals surface area (Å²) in [5, 5.41) is 10.6. The van der Waals surface area contributed by atoms with Crippen LogP contribution in [0.3, 0.4) is 0 Å². The number of rotatable bonds is 5. The summed E-state index contributed by atoms with van der Waals surface area (Å²) in [4.78, 5) is 20.8. The summed E-state index contributed by atoms with van der Waals surface area (Å²) in [5.74, 6) is -2.17. The molecule has 104 valence electrons. The Bertz CT molecular complexity index is 504. The maximum atomic E-state index is 13.3. The number of nitro groups is 1. The highest BCUT2D eigenvalue weighted by Crippen LogP contribution is 2.27. The van der Waals surface area contributed by atoms with Crippen molar-refractivity contribution in [3.8, 4) is 5.75 Å². The van der Waals surface area contributed by atoms with Gasteiger partial charge in [-0.15, -0.1) is 0 Å². The number of esters is 1. The highest BCUT2D eigenvalue weighted by molar-refractivity contribution is 5.76. The molecule has 6 nitrogen and oxygen atoms in total. The van der Waals surface area contributed by atoms with Crippen molar-refractivity contribution in [2.24, 2.45) is 0 Å². The molecule has 0 atom stereocenters. The first-order valence-electron chi connectivity index (χ1n) is 5.27. The van der Waals surface area contributed by atoms with Gasteiger partial charge in [0.25, 0.3) is 5.69 Å². The number of carbonyl (C=O) groups is 1. The van der Waals surface area contributed by atoms with Gasteiger partial charge in [0.15, 0.2) is 0 Å². The molecule has 0 aliphatic carbocycles. The summed E-state index contributed by atoms with van der Waals surface area (Å²) < 4.78 is 34.9. The van der Waals surface area contributed by atoms with Crippen molar-refractivity contribution in [2.75, 3.05) is 6.61 Å². The number of alkyl halides is 2. The van der Waals surface area contributed by atoms with Crippen LogP contribution in [-0.2, 0) is 9.53 Å². The summed E-state index contributed by atoms with van der Waals surface area (Å²) in [6.45, 7) is 2.54. The lowest BCUT2D eigenvalue weighted by Crippen LogP contribution is -2.36. The lowest BCUT2D eigenvalue weighted by atomic mass is 10.2. The fourth-order valence-corrected chi connectivity index (χ4v) is 1.30. The second kappa shape index (κ2) is 5.59. The Labute approximate surface area is 107 Å². The van der Waals surface area contributed by atoms with E-state index in [1.807, 2.05) is 0 Å². The Kier molecular flexibility index (Phi) is 4.36. The van der Waals surface area contributed by atoms with Gasteiger partial charge in [0, 0.05) is 11.6 Å². The first-order valence-corrected chi connectivity index (χ1v) is 5.27. The van der Waals surface area contributed by atoms with E-state index in [1.54, 1.807) is 0 Å². The molecule has 0 N–H and O–H groups in total. The molecule has 0 amide bonds. The van der Waals surface area contributed by atoms with E-state index in [1.165, 1.54) is 13.8 Å². The Morgan fingerprint density at radius 3 is 2.58 bits per heavy atom. The van der Waals surface area contributed by atoms with Crippen LogP contribution in [0.25, 0.3) is 0 Å². The average Bonchev–Trinajstić information content (AvgIpc) is 2.28. The Balaban J connectivity index is 2.91. The molecule has 0 aromatic heterocycles. The van der Waals surface area contributed by atoms with Crippen molar-refractivity contribution in [1.82, 2.24) is 0 Å². The van der Waals surface area contributed by atoms with E-state index in [2.05, 4.69) is 9.47 Å². The number of benzene rings is 1. The minimum absolute atomic E-state index is 0.141. The van der Waals surface area contributed by atoms with Gasteiger partial charge in [0.05, 0.1) is 11.5 Å². The molecular weight excluding hydrogens is 264 g/mol. The van der Waals surface area contributed by atoms with Gasteiger partial charge < -0.3 is 9.47 Å². The molecule has 0 heterocycles. The number of aryl methyl sites for hydroxylation is 1. The summed E-state index contributed by atoms with van der Waals surface area (Å²) in [5.41, 5.74) is -0.0889. The van der Waals surface area contributed by atoms with Crippen molar-refractivity contribution < 1.29 is 28.0 Å². The Morgan fingerprint density at radius 1 is 1.47 bits per heavy atom. The van der Waals surface area contributed by atoms with Gasteiger partial charge in [-0.25, -0.2) is 4.79 Å². The van der Waals surface area contributed by atoms with Gasteiger partial charge >= 0.3 is 12.1 Å². The van der Waals surface area contributed by atoms with Crippen LogP contribution in [0.2, 0.25) is 0 Å². The average molecular weight is 275 g/mol. The molecule has 0 bridgehead atoms. The predicted octanol–water partition coefficient (Wildman–Crippen LogP) is 2.44. The van der Waals surface area contributed by atoms with Crippen molar-refractivity contribution in [3.05, 3.63) is 33.9 Å². The van der Waals surface area contributed by atoms with E-state index in [0.717, 1.165) is 18.2 Å². The SMILES string of the molecule is CCOC(=O)C(F)(F)Oc1ccc([N+](=O)[O-])c(C)c1. The second-order valence-electron chi connectivity index (χ2n) is 3.54. The fourth-order valence-electron chi connectivity index (χ4n) is 1.30. The number of nitrogens with zero attached hydrogens (tertiary/aromatic N) is 1. The second-order valence-corrected chi connectivity index (χ2v) is 3.54. The summed E-state index contributed by atoms with van der Waals surface area (Å²) in [6.07, 6.45) is -4.14. The molecule has 0 radical (unpaired) electrons. The van der Waals surface area contributed by atoms with E-state index < -0.39 is 17.0 Å². The summed E-state index contributed by atoms with van der Waals surface area (Å²) in [7, 11) is 0. The van der Waals surface area contributed by atoms with E-state index in [-0.39, 0.29) is 23.6 Å². The van der Waals surface area contributed by atoms with Crippen LogP contribution in [0.1, 0.15) is 12.5 Å². The minimum atomic E-state index is -4.14. The minimum Gasteiger partial charge on any atom is -0.459 e. The monoisotopic (exact) mass is 275 g/mol. The lowest BCUT2D eigenvalue weighted by Gasteiger charge is -2.16. The van der Waals surface area contributed by atoms with E-state index in [0.29, 0.717) is 0 Å². The van der Waals surface area contributed by atoms with Crippen LogP contribution < -0.4 is 4.74 Å². The van der Waals surface area contributed by atoms with Crippen LogP contribution in [0, 0.1) is 17.0 Å². The van der Waals surface area contributed by atoms with E-state index in [4.69, 9.17) is 0 Å². The molecule has 1 aromatic carbocycles. The Morgan fingerprint density at radius 2 is 2.11 bits per heavy atom. The smallest absolute Gasteiger partial charge is 0.459 e. The maximum Gasteiger partial charge on any atom is 0.502 e. The van der Waals surface area contributed by atoms with Crippen LogP contribution in [0.5, 0.6) is 5.75 Å². The normalized spacial score (nSPS) is 10.9. The molecule has 0 aliphatic rings. The molecule has 0 fully saturated rings. The fraction of sp³-hybridized carbons (Fsp3) is 0.364. The zero-order valence-corrected chi connectivity index (χ0v) is 10.2. The maximum absolute atomic E-state index is 13.3. The highest BCUT2D eigenvalue weighted by atomic mass is 19.3. The van der Waals surface area contributed by atoms with E-state index in [9.17, 15) is 23.7 Å². The molecular formula is C11H11F2NO5. The third-order valence-corrected chi connectivity index (χ3v) is 2.12. The number of hydrogen-bond donors (Lipinski definition) is 0. The van der Waals surface area contributed by atoms with Gasteiger partial charge in [-0.05, 0) is 26.0 Å². The molecule has 1 aromatic rings. The third kappa shape index (κ3) is 3.60. The number of nitro benzene ring substituents is 1. The van der Waals surface area contributed by atoms with Crippen LogP contribution in [-0.4, -0.2) is 23.6 Å². The van der Waals surface area contributed by atoms with Gasteiger partial charge in [-0.1, -0.05) is 0 Å². The zero-order chi connectivity index (χ0) is 14.6. The largest absolute Gasteiger partial charge is 0.502 e. The standard InChI is InChI=1S/C11H11F2NO5/c1-3-18-10(15)11(12,13)19-8-4-5-9(14(16)17)7(2)6-8/h4-6H,3H2,1-2H3. The van der Waals surface area contributed by atoms with Crippen molar-refractivity contribution in [2.45, 2.75) is 20.0 Å². The van der Waals surface area contributed by atoms with E-state index >= 15 is 0 Å². The topological polar surface area (TPSA) is 78.7 Å². The quantitative estimate of drug-likeness (QED) is 0.468. The number of carbonyl (C=O) groups excluding carboxylic acids is 1. The Hall–Kier alpha value is -2.25. The first-order chi connectivity index (χ1) is 8.77. The molecule has 1 rings (SSSR count). The molecule has 0 aliphatic heterocycles. The third-order valence-electron chi connectivity index (χ3n) is 2.12. The first kappa shape index (κ1) is 14.8. The number of hydrogen-bond acceptors (Lipinski definition) is 5. The zero-order valence-electron chi connectivity index (χ0n) is 10.2. The van der Waals surface area contributed by atoms with Crippen LogP contribution >= 0.6 is 0 Å². The van der Waals surface area contributed by atoms with Gasteiger partial charge in [0.2, 0.25) is 0 Å². The van der Waals surface area contributed by atoms with Gasteiger partial charge in [-0.2, -0.15) is 8.78 Å². The molecule has 0 saturated carbocycles. The van der Waals surface area contributed by atoms with Gasteiger partial charge in [-0.3, -0.25) is 10.1 Å². The molecule has 0 spiro atoms. The molecule has 0 saturated heterocycles. The lowest BCUT2D eigenvalue weighted by molar-refractivity contribution is -0.385. The van der Waals surface area contributed by atoms with Crippen molar-refractivity contribution >= 4 is 11.7 Å². The van der Waals surface area contributed by atoms with Gasteiger partial charge in [0.1, 0.15) is 5.75 Å². The van der Waals surface area contributed by atoms with Crippen LogP contribution in [0.15, 0.2) is 18.2 Å². The highest BCUT2D eigenvalue weighted by Gasteiger charge is 2.44. The molecule has 19 heavy (non-hydrogen) atoms.